The van der Waals surface area contributed by atoms with E-state index in [1.54, 1.807) is 45.9 Å². The van der Waals surface area contributed by atoms with E-state index in [-0.39, 0.29) is 23.8 Å². The second-order valence-electron chi connectivity index (χ2n) is 7.71. The van der Waals surface area contributed by atoms with Crippen LogP contribution in [0.4, 0.5) is 13.2 Å². The van der Waals surface area contributed by atoms with Crippen molar-refractivity contribution in [3.63, 3.8) is 0 Å². The zero-order chi connectivity index (χ0) is 20.0. The number of rotatable bonds is 4. The summed E-state index contributed by atoms with van der Waals surface area (Å²) in [6.45, 7) is 6.78. The number of carbonyl (C=O) groups excluding carboxylic acids is 1. The highest BCUT2D eigenvalue weighted by Crippen LogP contribution is 2.47. The molecule has 27 heavy (non-hydrogen) atoms. The largest absolute Gasteiger partial charge is 0.490 e. The molecule has 7 heteroatoms. The standard InChI is InChI=1S/C20H23F3N2O2/c1-12(2)27-17-14-8-6-5-7-13(14)9-10-15(17)18(20(21,22)23)25-19(3,4)11-16(26)24-25/h5-10,12,18H,11H2,1-4H3,(H,24,26)/t18-/m0/s1. The van der Waals surface area contributed by atoms with Crippen LogP contribution in [0, 0.1) is 0 Å². The summed E-state index contributed by atoms with van der Waals surface area (Å²) < 4.78 is 48.4. The molecule has 1 heterocycles. The molecule has 146 valence electrons. The third kappa shape index (κ3) is 3.74. The molecule has 4 nitrogen and oxygen atoms in total. The van der Waals surface area contributed by atoms with E-state index in [1.165, 1.54) is 6.07 Å². The highest BCUT2D eigenvalue weighted by molar-refractivity contribution is 5.90. The average molecular weight is 380 g/mol. The fourth-order valence-corrected chi connectivity index (χ4v) is 3.52. The maximum atomic E-state index is 14.2. The van der Waals surface area contributed by atoms with Crippen molar-refractivity contribution in [1.82, 2.24) is 10.4 Å². The molecule has 0 bridgehead atoms. The van der Waals surface area contributed by atoms with Gasteiger partial charge in [0.25, 0.3) is 0 Å². The molecule has 0 saturated carbocycles. The molecular weight excluding hydrogens is 357 g/mol. The van der Waals surface area contributed by atoms with Crippen LogP contribution in [0.15, 0.2) is 36.4 Å². The molecule has 1 atom stereocenters. The van der Waals surface area contributed by atoms with Crippen LogP contribution in [0.1, 0.15) is 45.7 Å². The van der Waals surface area contributed by atoms with Crippen molar-refractivity contribution in [1.29, 1.82) is 0 Å². The van der Waals surface area contributed by atoms with Crippen LogP contribution in [-0.4, -0.2) is 28.7 Å². The summed E-state index contributed by atoms with van der Waals surface area (Å²) in [4.78, 5) is 11.9. The van der Waals surface area contributed by atoms with Crippen molar-refractivity contribution in [2.45, 2.75) is 58.0 Å². The number of fused-ring (bicyclic) bond motifs is 1. The number of hydrazine groups is 1. The SMILES string of the molecule is CC(C)Oc1c([C@H](N2NC(=O)CC2(C)C)C(F)(F)F)ccc2ccccc12. The van der Waals surface area contributed by atoms with Gasteiger partial charge in [-0.2, -0.15) is 18.2 Å². The molecule has 2 aromatic carbocycles. The summed E-state index contributed by atoms with van der Waals surface area (Å²) in [6, 6.07) is 8.25. The second kappa shape index (κ2) is 6.71. The lowest BCUT2D eigenvalue weighted by Crippen LogP contribution is -2.51. The molecule has 1 aliphatic heterocycles. The number of amides is 1. The Morgan fingerprint density at radius 1 is 1.15 bits per heavy atom. The number of hydrogen-bond donors (Lipinski definition) is 1. The van der Waals surface area contributed by atoms with Gasteiger partial charge >= 0.3 is 6.18 Å². The summed E-state index contributed by atoms with van der Waals surface area (Å²) in [6.07, 6.45) is -4.91. The van der Waals surface area contributed by atoms with Gasteiger partial charge in [-0.3, -0.25) is 10.2 Å². The molecule has 0 aromatic heterocycles. The van der Waals surface area contributed by atoms with Gasteiger partial charge in [-0.15, -0.1) is 0 Å². The van der Waals surface area contributed by atoms with E-state index in [0.29, 0.717) is 5.39 Å². The summed E-state index contributed by atoms with van der Waals surface area (Å²) in [5.41, 5.74) is 1.40. The summed E-state index contributed by atoms with van der Waals surface area (Å²) in [5.74, 6) is -0.233. The Labute approximate surface area is 156 Å². The predicted molar refractivity (Wildman–Crippen MR) is 97.2 cm³/mol. The second-order valence-corrected chi connectivity index (χ2v) is 7.71. The first-order chi connectivity index (χ1) is 12.5. The number of hydrogen-bond acceptors (Lipinski definition) is 3. The number of nitrogens with one attached hydrogen (secondary N) is 1. The minimum absolute atomic E-state index is 0.00642. The van der Waals surface area contributed by atoms with Crippen LogP contribution in [0.5, 0.6) is 5.75 Å². The van der Waals surface area contributed by atoms with Gasteiger partial charge in [0.1, 0.15) is 5.75 Å². The average Bonchev–Trinajstić information content (AvgIpc) is 2.80. The van der Waals surface area contributed by atoms with Crippen LogP contribution in [0.25, 0.3) is 10.8 Å². The lowest BCUT2D eigenvalue weighted by atomic mass is 9.94. The minimum Gasteiger partial charge on any atom is -0.490 e. The van der Waals surface area contributed by atoms with Crippen LogP contribution < -0.4 is 10.2 Å². The van der Waals surface area contributed by atoms with E-state index in [9.17, 15) is 18.0 Å². The Bertz CT molecular complexity index is 862. The van der Waals surface area contributed by atoms with Gasteiger partial charge in [0.15, 0.2) is 6.04 Å². The fourth-order valence-electron chi connectivity index (χ4n) is 3.52. The zero-order valence-corrected chi connectivity index (χ0v) is 15.7. The third-order valence-electron chi connectivity index (χ3n) is 4.62. The van der Waals surface area contributed by atoms with Crippen molar-refractivity contribution in [3.8, 4) is 5.75 Å². The molecular formula is C20H23F3N2O2. The predicted octanol–water partition coefficient (Wildman–Crippen LogP) is 4.75. The molecule has 3 rings (SSSR count). The molecule has 1 saturated heterocycles. The van der Waals surface area contributed by atoms with E-state index in [0.717, 1.165) is 10.4 Å². The highest BCUT2D eigenvalue weighted by Gasteiger charge is 2.54. The van der Waals surface area contributed by atoms with E-state index in [1.807, 2.05) is 12.1 Å². The maximum Gasteiger partial charge on any atom is 0.410 e. The zero-order valence-electron chi connectivity index (χ0n) is 15.7. The van der Waals surface area contributed by atoms with Crippen LogP contribution in [0.3, 0.4) is 0 Å². The van der Waals surface area contributed by atoms with E-state index in [2.05, 4.69) is 5.43 Å². The van der Waals surface area contributed by atoms with Crippen LogP contribution in [0.2, 0.25) is 0 Å². The van der Waals surface area contributed by atoms with E-state index >= 15 is 0 Å². The quantitative estimate of drug-likeness (QED) is 0.833. The van der Waals surface area contributed by atoms with Gasteiger partial charge in [0, 0.05) is 22.9 Å². The summed E-state index contributed by atoms with van der Waals surface area (Å²) in [7, 11) is 0. The van der Waals surface area contributed by atoms with Gasteiger partial charge in [0.2, 0.25) is 5.91 Å². The van der Waals surface area contributed by atoms with Gasteiger partial charge in [-0.1, -0.05) is 36.4 Å². The Balaban J connectivity index is 2.24. The lowest BCUT2D eigenvalue weighted by Gasteiger charge is -2.38. The van der Waals surface area contributed by atoms with Crippen molar-refractivity contribution in [3.05, 3.63) is 42.0 Å². The highest BCUT2D eigenvalue weighted by atomic mass is 19.4. The smallest absolute Gasteiger partial charge is 0.410 e. The first-order valence-corrected chi connectivity index (χ1v) is 8.84. The molecule has 0 unspecified atom stereocenters. The molecule has 0 radical (unpaired) electrons. The third-order valence-corrected chi connectivity index (χ3v) is 4.62. The first kappa shape index (κ1) is 19.5. The Morgan fingerprint density at radius 3 is 2.37 bits per heavy atom. The number of alkyl halides is 3. The van der Waals surface area contributed by atoms with Crippen molar-refractivity contribution in [2.24, 2.45) is 0 Å². The fraction of sp³-hybridized carbons (Fsp3) is 0.450. The monoisotopic (exact) mass is 380 g/mol. The van der Waals surface area contributed by atoms with E-state index in [4.69, 9.17) is 4.74 Å². The topological polar surface area (TPSA) is 41.6 Å². The number of carbonyl (C=O) groups is 1. The molecule has 1 aliphatic rings. The van der Waals surface area contributed by atoms with Crippen molar-refractivity contribution in [2.75, 3.05) is 0 Å². The van der Waals surface area contributed by atoms with Gasteiger partial charge < -0.3 is 4.74 Å². The van der Waals surface area contributed by atoms with Crippen molar-refractivity contribution >= 4 is 16.7 Å². The molecule has 1 N–H and O–H groups in total. The first-order valence-electron chi connectivity index (χ1n) is 8.84. The van der Waals surface area contributed by atoms with E-state index < -0.39 is 23.7 Å². The Hall–Kier alpha value is -2.28. The molecule has 0 aliphatic carbocycles. The van der Waals surface area contributed by atoms with Crippen molar-refractivity contribution < 1.29 is 22.7 Å². The maximum absolute atomic E-state index is 14.2. The molecule has 1 amide bonds. The van der Waals surface area contributed by atoms with Crippen LogP contribution in [-0.2, 0) is 4.79 Å². The van der Waals surface area contributed by atoms with Gasteiger partial charge in [-0.05, 0) is 33.1 Å². The summed E-state index contributed by atoms with van der Waals surface area (Å²) in [5, 5.41) is 2.41. The minimum atomic E-state index is -4.60. The molecule has 1 fully saturated rings. The Morgan fingerprint density at radius 2 is 1.81 bits per heavy atom. The summed E-state index contributed by atoms with van der Waals surface area (Å²) >= 11 is 0. The van der Waals surface area contributed by atoms with Crippen LogP contribution >= 0.6 is 0 Å². The Kier molecular flexibility index (Phi) is 4.84. The molecule has 0 spiro atoms. The number of halogens is 3. The van der Waals surface area contributed by atoms with Gasteiger partial charge in [0.05, 0.1) is 6.10 Å². The van der Waals surface area contributed by atoms with Gasteiger partial charge in [-0.25, -0.2) is 0 Å². The normalized spacial score (nSPS) is 18.7. The number of nitrogens with zero attached hydrogens (tertiary/aromatic N) is 1. The number of benzene rings is 2. The number of ether oxygens (including phenoxy) is 1. The lowest BCUT2D eigenvalue weighted by molar-refractivity contribution is -0.204. The molecule has 2 aromatic rings.